The van der Waals surface area contributed by atoms with Crippen LogP contribution in [-0.4, -0.2) is 48.7 Å². The van der Waals surface area contributed by atoms with Crippen molar-refractivity contribution in [2.24, 2.45) is 0 Å². The number of carbonyl (C=O) groups is 2. The Morgan fingerprint density at radius 1 is 1.47 bits per heavy atom. The number of carbonyl (C=O) groups excluding carboxylic acids is 2. The fourth-order valence-electron chi connectivity index (χ4n) is 1.50. The minimum Gasteiger partial charge on any atom is -0.459 e. The Bertz CT molecular complexity index is 254. The Balaban J connectivity index is 2.60. The largest absolute Gasteiger partial charge is 0.459 e. The van der Waals surface area contributed by atoms with Gasteiger partial charge in [-0.15, -0.1) is 0 Å². The zero-order valence-electron chi connectivity index (χ0n) is 9.36. The van der Waals surface area contributed by atoms with Crippen LogP contribution in [0.25, 0.3) is 0 Å². The molecule has 1 aliphatic rings. The summed E-state index contributed by atoms with van der Waals surface area (Å²) in [5.41, 5.74) is 0. The second-order valence-electron chi connectivity index (χ2n) is 3.67. The topological polar surface area (TPSA) is 55.8 Å². The van der Waals surface area contributed by atoms with Crippen molar-refractivity contribution in [3.8, 4) is 0 Å². The van der Waals surface area contributed by atoms with Crippen molar-refractivity contribution in [3.05, 3.63) is 0 Å². The van der Waals surface area contributed by atoms with E-state index in [0.717, 1.165) is 0 Å². The second kappa shape index (κ2) is 5.11. The van der Waals surface area contributed by atoms with Gasteiger partial charge in [0.25, 0.3) is 0 Å². The molecular formula is C10H17NO4. The summed E-state index contributed by atoms with van der Waals surface area (Å²) in [6.07, 6.45) is -0.0282. The SMILES string of the molecule is CCOC(=O)C(=O)N1CC(C)OCC1C. The summed E-state index contributed by atoms with van der Waals surface area (Å²) in [6.45, 7) is 6.53. The molecule has 15 heavy (non-hydrogen) atoms. The maximum Gasteiger partial charge on any atom is 0.397 e. The lowest BCUT2D eigenvalue weighted by molar-refractivity contribution is -0.165. The first-order valence-electron chi connectivity index (χ1n) is 5.15. The Morgan fingerprint density at radius 3 is 2.73 bits per heavy atom. The number of amides is 1. The van der Waals surface area contributed by atoms with Crippen molar-refractivity contribution in [3.63, 3.8) is 0 Å². The molecule has 1 rings (SSSR count). The van der Waals surface area contributed by atoms with Gasteiger partial charge in [-0.05, 0) is 20.8 Å². The lowest BCUT2D eigenvalue weighted by atomic mass is 10.2. The maximum atomic E-state index is 11.6. The van der Waals surface area contributed by atoms with E-state index in [1.54, 1.807) is 6.92 Å². The zero-order valence-corrected chi connectivity index (χ0v) is 9.36. The molecular weight excluding hydrogens is 198 g/mol. The van der Waals surface area contributed by atoms with E-state index in [4.69, 9.17) is 4.74 Å². The Hall–Kier alpha value is -1.10. The molecule has 0 aromatic rings. The van der Waals surface area contributed by atoms with Crippen LogP contribution in [0.5, 0.6) is 0 Å². The van der Waals surface area contributed by atoms with E-state index in [-0.39, 0.29) is 18.8 Å². The van der Waals surface area contributed by atoms with Crippen LogP contribution in [0.4, 0.5) is 0 Å². The van der Waals surface area contributed by atoms with Crippen LogP contribution in [-0.2, 0) is 19.1 Å². The lowest BCUT2D eigenvalue weighted by Crippen LogP contribution is -2.52. The molecule has 5 heteroatoms. The van der Waals surface area contributed by atoms with Gasteiger partial charge in [-0.3, -0.25) is 4.79 Å². The van der Waals surface area contributed by atoms with Gasteiger partial charge >= 0.3 is 11.9 Å². The van der Waals surface area contributed by atoms with Crippen LogP contribution in [0.2, 0.25) is 0 Å². The zero-order chi connectivity index (χ0) is 11.4. The Morgan fingerprint density at radius 2 is 2.13 bits per heavy atom. The van der Waals surface area contributed by atoms with E-state index in [1.165, 1.54) is 4.90 Å². The molecule has 1 saturated heterocycles. The first-order valence-corrected chi connectivity index (χ1v) is 5.15. The van der Waals surface area contributed by atoms with E-state index in [1.807, 2.05) is 13.8 Å². The van der Waals surface area contributed by atoms with Gasteiger partial charge in [0.15, 0.2) is 0 Å². The summed E-state index contributed by atoms with van der Waals surface area (Å²) >= 11 is 0. The van der Waals surface area contributed by atoms with Crippen molar-refractivity contribution in [2.45, 2.75) is 32.9 Å². The highest BCUT2D eigenvalue weighted by atomic mass is 16.5. The van der Waals surface area contributed by atoms with Gasteiger partial charge in [0.2, 0.25) is 0 Å². The van der Waals surface area contributed by atoms with Crippen LogP contribution in [0.3, 0.4) is 0 Å². The molecule has 86 valence electrons. The molecule has 5 nitrogen and oxygen atoms in total. The normalized spacial score (nSPS) is 26.2. The third kappa shape index (κ3) is 2.92. The Labute approximate surface area is 89.3 Å². The van der Waals surface area contributed by atoms with Crippen molar-refractivity contribution >= 4 is 11.9 Å². The number of ether oxygens (including phenoxy) is 2. The predicted octanol–water partition coefficient (Wildman–Crippen LogP) is 0.185. The fraction of sp³-hybridized carbons (Fsp3) is 0.800. The van der Waals surface area contributed by atoms with E-state index in [2.05, 4.69) is 4.74 Å². The highest BCUT2D eigenvalue weighted by Gasteiger charge is 2.31. The van der Waals surface area contributed by atoms with Gasteiger partial charge in [0.1, 0.15) is 0 Å². The monoisotopic (exact) mass is 215 g/mol. The van der Waals surface area contributed by atoms with Gasteiger partial charge in [0.05, 0.1) is 25.4 Å². The first-order chi connectivity index (χ1) is 7.06. The molecule has 0 bridgehead atoms. The van der Waals surface area contributed by atoms with Crippen molar-refractivity contribution < 1.29 is 19.1 Å². The summed E-state index contributed by atoms with van der Waals surface area (Å²) in [4.78, 5) is 24.4. The van der Waals surface area contributed by atoms with Gasteiger partial charge < -0.3 is 14.4 Å². The second-order valence-corrected chi connectivity index (χ2v) is 3.67. The smallest absolute Gasteiger partial charge is 0.397 e. The average Bonchev–Trinajstić information content (AvgIpc) is 2.21. The van der Waals surface area contributed by atoms with Crippen molar-refractivity contribution in [2.75, 3.05) is 19.8 Å². The van der Waals surface area contributed by atoms with Crippen LogP contribution < -0.4 is 0 Å². The average molecular weight is 215 g/mol. The molecule has 0 radical (unpaired) electrons. The molecule has 1 aliphatic heterocycles. The molecule has 2 atom stereocenters. The molecule has 0 saturated carbocycles. The predicted molar refractivity (Wildman–Crippen MR) is 53.2 cm³/mol. The molecule has 1 amide bonds. The molecule has 0 aliphatic carbocycles. The number of nitrogens with zero attached hydrogens (tertiary/aromatic N) is 1. The fourth-order valence-corrected chi connectivity index (χ4v) is 1.50. The molecule has 0 aromatic carbocycles. The van der Waals surface area contributed by atoms with Crippen molar-refractivity contribution in [1.82, 2.24) is 4.90 Å². The molecule has 0 aromatic heterocycles. The highest BCUT2D eigenvalue weighted by molar-refractivity contribution is 6.32. The molecule has 0 N–H and O–H groups in total. The number of morpholine rings is 1. The Kier molecular flexibility index (Phi) is 4.08. The van der Waals surface area contributed by atoms with E-state index in [0.29, 0.717) is 13.2 Å². The van der Waals surface area contributed by atoms with Crippen LogP contribution >= 0.6 is 0 Å². The van der Waals surface area contributed by atoms with Gasteiger partial charge in [-0.2, -0.15) is 0 Å². The van der Waals surface area contributed by atoms with E-state index < -0.39 is 11.9 Å². The molecule has 1 heterocycles. The van der Waals surface area contributed by atoms with E-state index >= 15 is 0 Å². The highest BCUT2D eigenvalue weighted by Crippen LogP contribution is 2.11. The summed E-state index contributed by atoms with van der Waals surface area (Å²) in [6, 6.07) is -0.0712. The first kappa shape index (κ1) is 12.0. The van der Waals surface area contributed by atoms with E-state index in [9.17, 15) is 9.59 Å². The quantitative estimate of drug-likeness (QED) is 0.462. The minimum absolute atomic E-state index is 0.0282. The van der Waals surface area contributed by atoms with Crippen LogP contribution in [0, 0.1) is 0 Å². The van der Waals surface area contributed by atoms with Gasteiger partial charge in [0, 0.05) is 6.54 Å². The number of hydrogen-bond donors (Lipinski definition) is 0. The third-order valence-electron chi connectivity index (χ3n) is 2.32. The number of rotatable bonds is 1. The van der Waals surface area contributed by atoms with Crippen LogP contribution in [0.15, 0.2) is 0 Å². The maximum absolute atomic E-state index is 11.6. The van der Waals surface area contributed by atoms with Crippen molar-refractivity contribution in [1.29, 1.82) is 0 Å². The summed E-state index contributed by atoms with van der Waals surface area (Å²) in [7, 11) is 0. The standard InChI is InChI=1S/C10H17NO4/c1-4-14-10(13)9(12)11-5-8(3)15-6-7(11)2/h7-8H,4-6H2,1-3H3. The third-order valence-corrected chi connectivity index (χ3v) is 2.32. The molecule has 1 fully saturated rings. The van der Waals surface area contributed by atoms with Crippen LogP contribution in [0.1, 0.15) is 20.8 Å². The molecule has 0 spiro atoms. The number of esters is 1. The van der Waals surface area contributed by atoms with Gasteiger partial charge in [-0.25, -0.2) is 4.79 Å². The lowest BCUT2D eigenvalue weighted by Gasteiger charge is -2.35. The molecule has 2 unspecified atom stereocenters. The summed E-state index contributed by atoms with van der Waals surface area (Å²) < 4.78 is 10.0. The summed E-state index contributed by atoms with van der Waals surface area (Å²) in [5.74, 6) is -1.35. The number of hydrogen-bond acceptors (Lipinski definition) is 4. The summed E-state index contributed by atoms with van der Waals surface area (Å²) in [5, 5.41) is 0. The van der Waals surface area contributed by atoms with Gasteiger partial charge in [-0.1, -0.05) is 0 Å². The minimum atomic E-state index is -0.779.